The number of anilines is 1. The summed E-state index contributed by atoms with van der Waals surface area (Å²) >= 11 is 0. The topological polar surface area (TPSA) is 139 Å². The minimum atomic E-state index is -0.881. The van der Waals surface area contributed by atoms with Gasteiger partial charge < -0.3 is 16.2 Å². The van der Waals surface area contributed by atoms with E-state index in [2.05, 4.69) is 5.32 Å². The molecule has 0 aromatic heterocycles. The number of amides is 1. The summed E-state index contributed by atoms with van der Waals surface area (Å²) in [7, 11) is 0. The van der Waals surface area contributed by atoms with Crippen molar-refractivity contribution >= 4 is 23.3 Å². The zero-order valence-electron chi connectivity index (χ0n) is 13.3. The van der Waals surface area contributed by atoms with Gasteiger partial charge in [0, 0.05) is 18.2 Å². The first kappa shape index (κ1) is 17.7. The smallest absolute Gasteiger partial charge is 0.317 e. The van der Waals surface area contributed by atoms with Crippen molar-refractivity contribution in [3.63, 3.8) is 0 Å². The average Bonchev–Trinajstić information content (AvgIpc) is 2.47. The Morgan fingerprint density at radius 2 is 2.12 bits per heavy atom. The van der Waals surface area contributed by atoms with Gasteiger partial charge in [0.1, 0.15) is 5.69 Å². The van der Waals surface area contributed by atoms with Gasteiger partial charge in [-0.1, -0.05) is 13.0 Å². The molecule has 0 aliphatic heterocycles. The summed E-state index contributed by atoms with van der Waals surface area (Å²) in [6, 6.07) is 4.12. The van der Waals surface area contributed by atoms with Crippen molar-refractivity contribution in [2.45, 2.75) is 31.8 Å². The first-order valence-electron chi connectivity index (χ1n) is 7.63. The van der Waals surface area contributed by atoms with Crippen LogP contribution in [0.4, 0.5) is 11.4 Å². The number of nitro groups is 1. The number of carbonyl (C=O) groups excluding carboxylic acids is 1. The van der Waals surface area contributed by atoms with Gasteiger partial charge in [0.05, 0.1) is 17.0 Å². The molecule has 0 saturated heterocycles. The van der Waals surface area contributed by atoms with Crippen molar-refractivity contribution in [3.8, 4) is 0 Å². The lowest BCUT2D eigenvalue weighted by Gasteiger charge is -2.42. The van der Waals surface area contributed by atoms with E-state index in [9.17, 15) is 19.7 Å². The monoisotopic (exact) mass is 336 g/mol. The fourth-order valence-electron chi connectivity index (χ4n) is 2.85. The highest BCUT2D eigenvalue weighted by atomic mass is 16.6. The molecule has 0 bridgehead atoms. The van der Waals surface area contributed by atoms with Gasteiger partial charge in [0.15, 0.2) is 0 Å². The summed E-state index contributed by atoms with van der Waals surface area (Å²) < 4.78 is 0. The Hall–Kier alpha value is -2.68. The zero-order valence-corrected chi connectivity index (χ0v) is 13.3. The Kier molecular flexibility index (Phi) is 5.35. The molecule has 1 aromatic carbocycles. The van der Waals surface area contributed by atoms with Crippen molar-refractivity contribution in [1.29, 1.82) is 0 Å². The maximum absolute atomic E-state index is 12.2. The van der Waals surface area contributed by atoms with Crippen molar-refractivity contribution in [3.05, 3.63) is 33.9 Å². The molecule has 1 aliphatic rings. The first-order chi connectivity index (χ1) is 11.3. The normalized spacial score (nSPS) is 19.6. The quantitative estimate of drug-likeness (QED) is 0.381. The molecule has 0 unspecified atom stereocenters. The molecular formula is C15H20N4O5. The lowest BCUT2D eigenvalue weighted by atomic mass is 9.85. The van der Waals surface area contributed by atoms with Crippen LogP contribution in [0.3, 0.4) is 0 Å². The zero-order chi connectivity index (χ0) is 17.9. The van der Waals surface area contributed by atoms with Crippen LogP contribution < -0.4 is 11.1 Å². The lowest BCUT2D eigenvalue weighted by molar-refractivity contribution is -0.383. The Morgan fingerprint density at radius 1 is 1.46 bits per heavy atom. The van der Waals surface area contributed by atoms with Gasteiger partial charge in [-0.15, -0.1) is 0 Å². The average molecular weight is 336 g/mol. The van der Waals surface area contributed by atoms with E-state index in [4.69, 9.17) is 10.8 Å². The number of nitrogen functional groups attached to an aromatic ring is 1. The van der Waals surface area contributed by atoms with Gasteiger partial charge in [-0.2, -0.15) is 0 Å². The Morgan fingerprint density at radius 3 is 2.67 bits per heavy atom. The molecule has 2 rings (SSSR count). The minimum Gasteiger partial charge on any atom is -0.480 e. The molecule has 24 heavy (non-hydrogen) atoms. The van der Waals surface area contributed by atoms with E-state index in [0.29, 0.717) is 19.4 Å². The largest absolute Gasteiger partial charge is 0.480 e. The number of nitro benzene ring substituents is 1. The van der Waals surface area contributed by atoms with Crippen LogP contribution in [0.5, 0.6) is 0 Å². The predicted octanol–water partition coefficient (Wildman–Crippen LogP) is 0.844. The maximum Gasteiger partial charge on any atom is 0.317 e. The molecule has 9 heteroatoms. The number of rotatable bonds is 7. The van der Waals surface area contributed by atoms with Gasteiger partial charge in [-0.25, -0.2) is 0 Å². The predicted molar refractivity (Wildman–Crippen MR) is 86.7 cm³/mol. The van der Waals surface area contributed by atoms with E-state index in [-0.39, 0.29) is 35.6 Å². The minimum absolute atomic E-state index is 0.0281. The van der Waals surface area contributed by atoms with Gasteiger partial charge >= 0.3 is 5.97 Å². The molecule has 1 aromatic rings. The van der Waals surface area contributed by atoms with E-state index in [1.807, 2.05) is 11.8 Å². The third-order valence-electron chi connectivity index (χ3n) is 4.23. The number of hydrogen-bond donors (Lipinski definition) is 3. The fourth-order valence-corrected chi connectivity index (χ4v) is 2.85. The number of para-hydroxylation sites is 1. The summed E-state index contributed by atoms with van der Waals surface area (Å²) in [5.74, 6) is -1.34. The molecular weight excluding hydrogens is 316 g/mol. The molecule has 130 valence electrons. The number of carbonyl (C=O) groups is 2. The van der Waals surface area contributed by atoms with Crippen LogP contribution in [0.1, 0.15) is 30.1 Å². The fraction of sp³-hybridized carbons (Fsp3) is 0.467. The second-order valence-corrected chi connectivity index (χ2v) is 5.75. The molecule has 1 saturated carbocycles. The van der Waals surface area contributed by atoms with Crippen LogP contribution in [0.25, 0.3) is 0 Å². The Balaban J connectivity index is 1.95. The molecule has 1 amide bonds. The van der Waals surface area contributed by atoms with Crippen molar-refractivity contribution < 1.29 is 19.6 Å². The molecule has 4 N–H and O–H groups in total. The SMILES string of the molecule is CCN(CC(=O)O)C1CC(NC(=O)c2cccc([N+](=O)[O-])c2N)C1. The highest BCUT2D eigenvalue weighted by Crippen LogP contribution is 2.28. The third kappa shape index (κ3) is 3.80. The van der Waals surface area contributed by atoms with Gasteiger partial charge in [0.2, 0.25) is 0 Å². The molecule has 1 fully saturated rings. The molecule has 0 radical (unpaired) electrons. The molecule has 1 aliphatic carbocycles. The van der Waals surface area contributed by atoms with Gasteiger partial charge in [-0.3, -0.25) is 24.6 Å². The molecule has 0 heterocycles. The summed E-state index contributed by atoms with van der Waals surface area (Å²) in [4.78, 5) is 35.1. The number of nitrogens with two attached hydrogens (primary N) is 1. The summed E-state index contributed by atoms with van der Waals surface area (Å²) in [6.07, 6.45) is 1.28. The number of nitrogens with zero attached hydrogens (tertiary/aromatic N) is 2. The summed E-state index contributed by atoms with van der Waals surface area (Å²) in [5, 5.41) is 22.5. The van der Waals surface area contributed by atoms with Crippen molar-refractivity contribution in [2.75, 3.05) is 18.8 Å². The van der Waals surface area contributed by atoms with Crippen LogP contribution in [-0.2, 0) is 4.79 Å². The van der Waals surface area contributed by atoms with Crippen LogP contribution in [0.15, 0.2) is 18.2 Å². The first-order valence-corrected chi connectivity index (χ1v) is 7.63. The van der Waals surface area contributed by atoms with Crippen LogP contribution in [0.2, 0.25) is 0 Å². The highest BCUT2D eigenvalue weighted by Gasteiger charge is 2.35. The molecule has 0 atom stereocenters. The van der Waals surface area contributed by atoms with E-state index in [1.165, 1.54) is 18.2 Å². The Bertz CT molecular complexity index is 657. The van der Waals surface area contributed by atoms with Crippen LogP contribution in [-0.4, -0.2) is 52.0 Å². The van der Waals surface area contributed by atoms with E-state index in [0.717, 1.165) is 0 Å². The second-order valence-electron chi connectivity index (χ2n) is 5.75. The van der Waals surface area contributed by atoms with E-state index in [1.54, 1.807) is 0 Å². The number of nitrogens with one attached hydrogen (secondary N) is 1. The van der Waals surface area contributed by atoms with E-state index < -0.39 is 16.8 Å². The third-order valence-corrected chi connectivity index (χ3v) is 4.23. The molecule has 0 spiro atoms. The van der Waals surface area contributed by atoms with Crippen molar-refractivity contribution in [1.82, 2.24) is 10.2 Å². The van der Waals surface area contributed by atoms with E-state index >= 15 is 0 Å². The van der Waals surface area contributed by atoms with Gasteiger partial charge in [-0.05, 0) is 25.5 Å². The number of likely N-dealkylation sites (N-methyl/N-ethyl adjacent to an activating group) is 1. The number of hydrogen-bond acceptors (Lipinski definition) is 6. The lowest BCUT2D eigenvalue weighted by Crippen LogP contribution is -2.54. The maximum atomic E-state index is 12.2. The number of carboxylic acids is 1. The highest BCUT2D eigenvalue weighted by molar-refractivity contribution is 6.01. The molecule has 9 nitrogen and oxygen atoms in total. The standard InChI is InChI=1S/C15H20N4O5/c1-2-18(8-13(20)21)10-6-9(7-10)17-15(22)11-4-3-5-12(14(11)16)19(23)24/h3-5,9-10H,2,6-8,16H2,1H3,(H,17,22)(H,20,21). The van der Waals surface area contributed by atoms with Crippen molar-refractivity contribution in [2.24, 2.45) is 0 Å². The number of aliphatic carboxylic acids is 1. The number of benzene rings is 1. The summed E-state index contributed by atoms with van der Waals surface area (Å²) in [5.41, 5.74) is 5.32. The number of carboxylic acid groups (broad SMARTS) is 1. The van der Waals surface area contributed by atoms with Gasteiger partial charge in [0.25, 0.3) is 11.6 Å². The van der Waals surface area contributed by atoms with Crippen LogP contribution >= 0.6 is 0 Å². The summed E-state index contributed by atoms with van der Waals surface area (Å²) in [6.45, 7) is 2.48. The second kappa shape index (κ2) is 7.26. The Labute approximate surface area is 138 Å². The van der Waals surface area contributed by atoms with Crippen LogP contribution in [0, 0.1) is 10.1 Å².